The molecule has 0 bridgehead atoms. The molecule has 0 radical (unpaired) electrons. The molecule has 0 spiro atoms. The largest absolute Gasteiger partial charge is 0.455 e. The lowest BCUT2D eigenvalue weighted by Gasteiger charge is -2.21. The summed E-state index contributed by atoms with van der Waals surface area (Å²) in [5, 5.41) is 9.83. The van der Waals surface area contributed by atoms with E-state index in [1.54, 1.807) is 0 Å². The van der Waals surface area contributed by atoms with E-state index in [9.17, 15) is 0 Å². The third-order valence-corrected chi connectivity index (χ3v) is 8.92. The summed E-state index contributed by atoms with van der Waals surface area (Å²) in [6, 6.07) is 44.3. The monoisotopic (exact) mass is 522 g/mol. The second kappa shape index (κ2) is 8.68. The Hall–Kier alpha value is -5.14. The van der Waals surface area contributed by atoms with Gasteiger partial charge in [-0.1, -0.05) is 115 Å². The van der Waals surface area contributed by atoms with Crippen LogP contribution >= 0.6 is 0 Å². The van der Waals surface area contributed by atoms with Gasteiger partial charge in [0.05, 0.1) is 0 Å². The Morgan fingerprint density at radius 1 is 0.512 bits per heavy atom. The number of hydrogen-bond donors (Lipinski definition) is 0. The van der Waals surface area contributed by atoms with Gasteiger partial charge in [0, 0.05) is 16.2 Å². The Morgan fingerprint density at radius 3 is 2.00 bits per heavy atom. The summed E-state index contributed by atoms with van der Waals surface area (Å²) in [7, 11) is 0. The zero-order valence-corrected chi connectivity index (χ0v) is 22.5. The first-order chi connectivity index (χ1) is 20.3. The van der Waals surface area contributed by atoms with Crippen LogP contribution in [0.15, 0.2) is 132 Å². The van der Waals surface area contributed by atoms with Crippen molar-refractivity contribution >= 4 is 60.3 Å². The molecule has 1 heteroatoms. The Kier molecular flexibility index (Phi) is 4.80. The first kappa shape index (κ1) is 22.7. The van der Waals surface area contributed by atoms with Gasteiger partial charge in [0.15, 0.2) is 0 Å². The van der Waals surface area contributed by atoms with Crippen LogP contribution in [0.25, 0.3) is 82.6 Å². The van der Waals surface area contributed by atoms with E-state index in [1.165, 1.54) is 60.3 Å². The van der Waals surface area contributed by atoms with Crippen LogP contribution in [0.1, 0.15) is 17.5 Å². The van der Waals surface area contributed by atoms with Crippen molar-refractivity contribution in [3.05, 3.63) is 139 Å². The highest BCUT2D eigenvalue weighted by Crippen LogP contribution is 2.46. The molecular formula is C40H26O. The summed E-state index contributed by atoms with van der Waals surface area (Å²) in [6.07, 6.45) is 6.75. The van der Waals surface area contributed by atoms with Gasteiger partial charge < -0.3 is 4.42 Å². The molecule has 1 aliphatic carbocycles. The SMILES string of the molecule is C1=Cc2cccc(-c3c4ccccc4c(-c4ccc5oc6c7ccccc7ccc6c5c4)c4ccccc34)c2CC1. The van der Waals surface area contributed by atoms with E-state index in [-0.39, 0.29) is 0 Å². The third-order valence-electron chi connectivity index (χ3n) is 8.92. The quantitative estimate of drug-likeness (QED) is 0.206. The molecule has 0 unspecified atom stereocenters. The van der Waals surface area contributed by atoms with Gasteiger partial charge in [0.25, 0.3) is 0 Å². The third kappa shape index (κ3) is 3.30. The topological polar surface area (TPSA) is 13.1 Å². The van der Waals surface area contributed by atoms with Crippen molar-refractivity contribution in [1.29, 1.82) is 0 Å². The average molecular weight is 523 g/mol. The van der Waals surface area contributed by atoms with Crippen LogP contribution in [0.4, 0.5) is 0 Å². The van der Waals surface area contributed by atoms with Gasteiger partial charge in [-0.15, -0.1) is 0 Å². The van der Waals surface area contributed by atoms with Gasteiger partial charge >= 0.3 is 0 Å². The molecule has 1 nitrogen and oxygen atoms in total. The Balaban J connectivity index is 1.37. The van der Waals surface area contributed by atoms with Gasteiger partial charge in [0.2, 0.25) is 0 Å². The number of fused-ring (bicyclic) bond motifs is 8. The molecule has 0 fully saturated rings. The van der Waals surface area contributed by atoms with Crippen molar-refractivity contribution in [3.8, 4) is 22.3 Å². The molecule has 7 aromatic carbocycles. The molecule has 0 atom stereocenters. The van der Waals surface area contributed by atoms with E-state index in [4.69, 9.17) is 4.42 Å². The average Bonchev–Trinajstić information content (AvgIpc) is 3.42. The fourth-order valence-electron chi connectivity index (χ4n) is 7.10. The summed E-state index contributed by atoms with van der Waals surface area (Å²) < 4.78 is 6.46. The molecule has 192 valence electrons. The van der Waals surface area contributed by atoms with Gasteiger partial charge in [-0.25, -0.2) is 0 Å². The maximum atomic E-state index is 6.46. The second-order valence-electron chi connectivity index (χ2n) is 11.1. The predicted molar refractivity (Wildman–Crippen MR) is 174 cm³/mol. The molecular weight excluding hydrogens is 496 g/mol. The van der Waals surface area contributed by atoms with Crippen LogP contribution < -0.4 is 0 Å². The Bertz CT molecular complexity index is 2310. The Labute approximate surface area is 238 Å². The smallest absolute Gasteiger partial charge is 0.143 e. The number of allylic oxidation sites excluding steroid dienone is 1. The van der Waals surface area contributed by atoms with E-state index in [0.29, 0.717) is 0 Å². The molecule has 0 amide bonds. The first-order valence-electron chi connectivity index (χ1n) is 14.4. The molecule has 0 saturated heterocycles. The molecule has 1 aliphatic rings. The van der Waals surface area contributed by atoms with Crippen LogP contribution in [0.3, 0.4) is 0 Å². The normalized spacial score (nSPS) is 13.1. The molecule has 0 N–H and O–H groups in total. The van der Waals surface area contributed by atoms with Crippen molar-refractivity contribution < 1.29 is 4.42 Å². The highest BCUT2D eigenvalue weighted by molar-refractivity contribution is 6.23. The van der Waals surface area contributed by atoms with Gasteiger partial charge in [-0.2, -0.15) is 0 Å². The van der Waals surface area contributed by atoms with Crippen molar-refractivity contribution in [2.45, 2.75) is 12.8 Å². The minimum absolute atomic E-state index is 0.925. The second-order valence-corrected chi connectivity index (χ2v) is 11.1. The van der Waals surface area contributed by atoms with E-state index < -0.39 is 0 Å². The number of benzene rings is 7. The number of furan rings is 1. The minimum Gasteiger partial charge on any atom is -0.455 e. The first-order valence-corrected chi connectivity index (χ1v) is 14.4. The molecule has 0 aliphatic heterocycles. The maximum absolute atomic E-state index is 6.46. The van der Waals surface area contributed by atoms with E-state index in [0.717, 1.165) is 40.2 Å². The van der Waals surface area contributed by atoms with Gasteiger partial charge in [0.1, 0.15) is 11.2 Å². The molecule has 9 rings (SSSR count). The van der Waals surface area contributed by atoms with E-state index in [2.05, 4.69) is 133 Å². The number of rotatable bonds is 2. The molecule has 41 heavy (non-hydrogen) atoms. The lowest BCUT2D eigenvalue weighted by molar-refractivity contribution is 0.672. The van der Waals surface area contributed by atoms with Crippen LogP contribution in [0, 0.1) is 0 Å². The fourth-order valence-corrected chi connectivity index (χ4v) is 7.10. The zero-order valence-electron chi connectivity index (χ0n) is 22.5. The molecule has 1 aromatic heterocycles. The summed E-state index contributed by atoms with van der Waals surface area (Å²) in [4.78, 5) is 0. The fraction of sp³-hybridized carbons (Fsp3) is 0.0500. The predicted octanol–water partition coefficient (Wildman–Crippen LogP) is 11.3. The minimum atomic E-state index is 0.925. The lowest BCUT2D eigenvalue weighted by atomic mass is 9.82. The van der Waals surface area contributed by atoms with Crippen molar-refractivity contribution in [3.63, 3.8) is 0 Å². The van der Waals surface area contributed by atoms with Crippen LogP contribution in [-0.2, 0) is 6.42 Å². The van der Waals surface area contributed by atoms with E-state index in [1.807, 2.05) is 0 Å². The van der Waals surface area contributed by atoms with Crippen molar-refractivity contribution in [2.75, 3.05) is 0 Å². The van der Waals surface area contributed by atoms with Crippen LogP contribution in [-0.4, -0.2) is 0 Å². The summed E-state index contributed by atoms with van der Waals surface area (Å²) in [5.41, 5.74) is 9.87. The van der Waals surface area contributed by atoms with Gasteiger partial charge in [-0.3, -0.25) is 0 Å². The molecule has 0 saturated carbocycles. The van der Waals surface area contributed by atoms with Crippen LogP contribution in [0.2, 0.25) is 0 Å². The standard InChI is InChI=1S/C40H26O/c1-3-13-28-25(10-1)12-9-19-30(28)39-33-17-7-5-15-31(33)38(32-16-6-8-18-34(32)39)27-21-23-37-36(24-27)35-22-20-26-11-2-4-14-29(26)40(35)41-37/h1-2,4-12,14-24H,3,13H2. The van der Waals surface area contributed by atoms with E-state index >= 15 is 0 Å². The van der Waals surface area contributed by atoms with Crippen molar-refractivity contribution in [2.24, 2.45) is 0 Å². The molecule has 8 aromatic rings. The summed E-state index contributed by atoms with van der Waals surface area (Å²) in [5.74, 6) is 0. The summed E-state index contributed by atoms with van der Waals surface area (Å²) >= 11 is 0. The van der Waals surface area contributed by atoms with Crippen LogP contribution in [0.5, 0.6) is 0 Å². The van der Waals surface area contributed by atoms with Gasteiger partial charge in [-0.05, 0) is 91.4 Å². The Morgan fingerprint density at radius 2 is 1.22 bits per heavy atom. The lowest BCUT2D eigenvalue weighted by Crippen LogP contribution is -1.99. The zero-order chi connectivity index (χ0) is 26.9. The number of hydrogen-bond acceptors (Lipinski definition) is 1. The highest BCUT2D eigenvalue weighted by atomic mass is 16.3. The summed E-state index contributed by atoms with van der Waals surface area (Å²) in [6.45, 7) is 0. The highest BCUT2D eigenvalue weighted by Gasteiger charge is 2.20. The van der Waals surface area contributed by atoms with Crippen molar-refractivity contribution in [1.82, 2.24) is 0 Å². The maximum Gasteiger partial charge on any atom is 0.143 e. The molecule has 1 heterocycles.